The zero-order valence-corrected chi connectivity index (χ0v) is 14.3. The highest BCUT2D eigenvalue weighted by atomic mass is 16.2. The Hall–Kier alpha value is -1.13. The first-order valence-corrected chi connectivity index (χ1v) is 8.79. The van der Waals surface area contributed by atoms with Crippen LogP contribution in [0.2, 0.25) is 0 Å². The van der Waals surface area contributed by atoms with E-state index < -0.39 is 0 Å². The van der Waals surface area contributed by atoms with Gasteiger partial charge in [-0.15, -0.1) is 0 Å². The second kappa shape index (κ2) is 11.4. The van der Waals surface area contributed by atoms with E-state index in [0.29, 0.717) is 6.54 Å². The highest BCUT2D eigenvalue weighted by Crippen LogP contribution is 2.18. The van der Waals surface area contributed by atoms with Crippen molar-refractivity contribution in [3.05, 3.63) is 23.3 Å². The summed E-state index contributed by atoms with van der Waals surface area (Å²) in [6, 6.07) is -0.348. The minimum atomic E-state index is -0.348. The van der Waals surface area contributed by atoms with Crippen molar-refractivity contribution in [2.24, 2.45) is 5.73 Å². The third kappa shape index (κ3) is 7.76. The van der Waals surface area contributed by atoms with Gasteiger partial charge in [-0.2, -0.15) is 0 Å². The van der Waals surface area contributed by atoms with Gasteiger partial charge in [-0.3, -0.25) is 4.79 Å². The molecule has 0 saturated heterocycles. The van der Waals surface area contributed by atoms with Crippen molar-refractivity contribution < 1.29 is 4.79 Å². The quantitative estimate of drug-likeness (QED) is 0.514. The lowest BCUT2D eigenvalue weighted by Gasteiger charge is -2.14. The molecule has 0 aromatic heterocycles. The molecule has 0 spiro atoms. The lowest BCUT2D eigenvalue weighted by molar-refractivity contribution is -0.122. The number of nitrogens with one attached hydrogen (secondary N) is 2. The fraction of sp³-hybridized carbons (Fsp3) is 0.722. The largest absolute Gasteiger partial charge is 0.355 e. The van der Waals surface area contributed by atoms with E-state index in [9.17, 15) is 4.79 Å². The zero-order chi connectivity index (χ0) is 16.2. The van der Waals surface area contributed by atoms with Crippen LogP contribution in [0.3, 0.4) is 0 Å². The second-order valence-corrected chi connectivity index (χ2v) is 6.04. The SMILES string of the molecule is CCCCC(N)C(=O)NCCCNCC1=CC(CC)=CCC1. The molecule has 126 valence electrons. The van der Waals surface area contributed by atoms with Gasteiger partial charge in [-0.1, -0.05) is 50.0 Å². The van der Waals surface area contributed by atoms with Gasteiger partial charge in [0.05, 0.1) is 6.04 Å². The van der Waals surface area contributed by atoms with E-state index in [1.807, 2.05) is 0 Å². The number of carbonyl (C=O) groups excluding carboxylic acids is 1. The van der Waals surface area contributed by atoms with Gasteiger partial charge in [-0.25, -0.2) is 0 Å². The summed E-state index contributed by atoms with van der Waals surface area (Å²) in [6.45, 7) is 6.89. The molecule has 0 saturated carbocycles. The molecule has 0 heterocycles. The molecule has 0 aromatic rings. The molecule has 0 radical (unpaired) electrons. The predicted molar refractivity (Wildman–Crippen MR) is 93.7 cm³/mol. The molecule has 1 amide bonds. The predicted octanol–water partition coefficient (Wildman–Crippen LogP) is 2.66. The van der Waals surface area contributed by atoms with Crippen molar-refractivity contribution in [1.82, 2.24) is 10.6 Å². The highest BCUT2D eigenvalue weighted by Gasteiger charge is 2.11. The van der Waals surface area contributed by atoms with E-state index in [2.05, 4.69) is 36.6 Å². The molecule has 0 aromatic carbocycles. The van der Waals surface area contributed by atoms with Gasteiger partial charge in [-0.05, 0) is 38.6 Å². The number of carbonyl (C=O) groups is 1. The Labute approximate surface area is 135 Å². The lowest BCUT2D eigenvalue weighted by Crippen LogP contribution is -2.41. The van der Waals surface area contributed by atoms with Crippen LogP contribution in [-0.4, -0.2) is 31.6 Å². The number of amides is 1. The van der Waals surface area contributed by atoms with Crippen molar-refractivity contribution in [2.45, 2.75) is 64.8 Å². The third-order valence-electron chi connectivity index (χ3n) is 4.06. The molecule has 4 N–H and O–H groups in total. The van der Waals surface area contributed by atoms with Crippen LogP contribution in [-0.2, 0) is 4.79 Å². The summed E-state index contributed by atoms with van der Waals surface area (Å²) in [5, 5.41) is 6.38. The van der Waals surface area contributed by atoms with Gasteiger partial charge >= 0.3 is 0 Å². The fourth-order valence-electron chi connectivity index (χ4n) is 2.58. The van der Waals surface area contributed by atoms with Gasteiger partial charge < -0.3 is 16.4 Å². The molecule has 1 atom stereocenters. The van der Waals surface area contributed by atoms with Crippen molar-refractivity contribution in [3.8, 4) is 0 Å². The van der Waals surface area contributed by atoms with Crippen LogP contribution < -0.4 is 16.4 Å². The summed E-state index contributed by atoms with van der Waals surface area (Å²) in [4.78, 5) is 11.7. The maximum Gasteiger partial charge on any atom is 0.236 e. The van der Waals surface area contributed by atoms with E-state index in [-0.39, 0.29) is 11.9 Å². The normalized spacial score (nSPS) is 16.0. The first-order valence-electron chi connectivity index (χ1n) is 8.79. The minimum absolute atomic E-state index is 0.0128. The van der Waals surface area contributed by atoms with Crippen LogP contribution in [0.1, 0.15) is 58.8 Å². The highest BCUT2D eigenvalue weighted by molar-refractivity contribution is 5.81. The number of hydrogen-bond donors (Lipinski definition) is 3. The van der Waals surface area contributed by atoms with Gasteiger partial charge in [0.25, 0.3) is 0 Å². The lowest BCUT2D eigenvalue weighted by atomic mass is 9.98. The van der Waals surface area contributed by atoms with E-state index in [1.165, 1.54) is 24.0 Å². The number of nitrogens with two attached hydrogens (primary N) is 1. The first kappa shape index (κ1) is 18.9. The Balaban J connectivity index is 2.05. The average Bonchev–Trinajstić information content (AvgIpc) is 2.55. The van der Waals surface area contributed by atoms with Crippen molar-refractivity contribution in [1.29, 1.82) is 0 Å². The number of rotatable bonds is 11. The molecule has 1 aliphatic rings. The van der Waals surface area contributed by atoms with Gasteiger partial charge in [0, 0.05) is 13.1 Å². The van der Waals surface area contributed by atoms with Crippen molar-refractivity contribution >= 4 is 5.91 Å². The third-order valence-corrected chi connectivity index (χ3v) is 4.06. The summed E-state index contributed by atoms with van der Waals surface area (Å²) < 4.78 is 0. The minimum Gasteiger partial charge on any atom is -0.355 e. The Morgan fingerprint density at radius 3 is 2.86 bits per heavy atom. The molecule has 0 aliphatic heterocycles. The summed E-state index contributed by atoms with van der Waals surface area (Å²) in [7, 11) is 0. The monoisotopic (exact) mass is 307 g/mol. The summed E-state index contributed by atoms with van der Waals surface area (Å²) in [5.74, 6) is -0.0128. The topological polar surface area (TPSA) is 67.2 Å². The van der Waals surface area contributed by atoms with Crippen LogP contribution in [0.15, 0.2) is 23.3 Å². The molecule has 4 heteroatoms. The second-order valence-electron chi connectivity index (χ2n) is 6.04. The Bertz CT molecular complexity index is 388. The van der Waals surface area contributed by atoms with Crippen LogP contribution in [0.4, 0.5) is 0 Å². The fourth-order valence-corrected chi connectivity index (χ4v) is 2.58. The van der Waals surface area contributed by atoms with Crippen LogP contribution >= 0.6 is 0 Å². The molecular weight excluding hydrogens is 274 g/mol. The van der Waals surface area contributed by atoms with Crippen molar-refractivity contribution in [2.75, 3.05) is 19.6 Å². The van der Waals surface area contributed by atoms with Crippen molar-refractivity contribution in [3.63, 3.8) is 0 Å². The van der Waals surface area contributed by atoms with Crippen LogP contribution in [0.5, 0.6) is 0 Å². The van der Waals surface area contributed by atoms with Crippen LogP contribution in [0, 0.1) is 0 Å². The molecule has 22 heavy (non-hydrogen) atoms. The van der Waals surface area contributed by atoms with Gasteiger partial charge in [0.15, 0.2) is 0 Å². The molecule has 0 fully saturated rings. The van der Waals surface area contributed by atoms with E-state index in [1.54, 1.807) is 0 Å². The molecule has 0 bridgehead atoms. The summed E-state index contributed by atoms with van der Waals surface area (Å²) >= 11 is 0. The standard InChI is InChI=1S/C18H33N3O/c1-3-5-10-17(19)18(22)21-12-7-11-20-14-16-9-6-8-15(4-2)13-16/h8,13,17,20H,3-7,9-12,14,19H2,1-2H3,(H,21,22). The summed E-state index contributed by atoms with van der Waals surface area (Å²) in [5.41, 5.74) is 8.77. The van der Waals surface area contributed by atoms with E-state index in [4.69, 9.17) is 5.73 Å². The Kier molecular flexibility index (Phi) is 9.84. The van der Waals surface area contributed by atoms with E-state index >= 15 is 0 Å². The number of allylic oxidation sites excluding steroid dienone is 3. The average molecular weight is 307 g/mol. The molecule has 4 nitrogen and oxygen atoms in total. The zero-order valence-electron chi connectivity index (χ0n) is 14.3. The molecular formula is C18H33N3O. The van der Waals surface area contributed by atoms with E-state index in [0.717, 1.165) is 45.2 Å². The Morgan fingerprint density at radius 1 is 1.32 bits per heavy atom. The molecule has 1 aliphatic carbocycles. The first-order chi connectivity index (χ1) is 10.7. The number of hydrogen-bond acceptors (Lipinski definition) is 3. The van der Waals surface area contributed by atoms with Gasteiger partial charge in [0.1, 0.15) is 0 Å². The Morgan fingerprint density at radius 2 is 2.14 bits per heavy atom. The van der Waals surface area contributed by atoms with Gasteiger partial charge in [0.2, 0.25) is 5.91 Å². The summed E-state index contributed by atoms with van der Waals surface area (Å²) in [6.07, 6.45) is 11.9. The van der Waals surface area contributed by atoms with Crippen LogP contribution in [0.25, 0.3) is 0 Å². The smallest absolute Gasteiger partial charge is 0.236 e. The maximum atomic E-state index is 11.7. The maximum absolute atomic E-state index is 11.7. The number of unbranched alkanes of at least 4 members (excludes halogenated alkanes) is 1. The molecule has 1 unspecified atom stereocenters. The molecule has 1 rings (SSSR count).